The van der Waals surface area contributed by atoms with Gasteiger partial charge in [0.2, 0.25) is 25.0 Å². The molecule has 0 bridgehead atoms. The molecule has 0 spiro atoms. The van der Waals surface area contributed by atoms with E-state index in [0.717, 1.165) is 0 Å². The van der Waals surface area contributed by atoms with Crippen LogP contribution < -0.4 is 4.74 Å². The molecule has 1 aliphatic heterocycles. The van der Waals surface area contributed by atoms with Crippen molar-refractivity contribution in [2.45, 2.75) is 35.1 Å². The van der Waals surface area contributed by atoms with Crippen molar-refractivity contribution < 1.29 is 21.6 Å². The number of benzene rings is 1. The Balaban J connectivity index is 1.79. The molecule has 0 atom stereocenters. The molecule has 1 aliphatic rings. The molecule has 1 fully saturated rings. The van der Waals surface area contributed by atoms with Gasteiger partial charge in [-0.15, -0.1) is 10.2 Å². The van der Waals surface area contributed by atoms with Crippen molar-refractivity contribution in [1.82, 2.24) is 19.1 Å². The van der Waals surface area contributed by atoms with E-state index >= 15 is 0 Å². The summed E-state index contributed by atoms with van der Waals surface area (Å²) in [5.41, 5.74) is 0. The molecule has 0 aliphatic carbocycles. The third-order valence-electron chi connectivity index (χ3n) is 4.53. The van der Waals surface area contributed by atoms with Crippen molar-refractivity contribution in [1.29, 1.82) is 0 Å². The maximum Gasteiger partial charge on any atom is 0.249 e. The van der Waals surface area contributed by atoms with Gasteiger partial charge in [0, 0.05) is 20.1 Å². The highest BCUT2D eigenvalue weighted by Gasteiger charge is 2.38. The van der Waals surface area contributed by atoms with Gasteiger partial charge in [-0.2, -0.15) is 4.31 Å². The number of sulfone groups is 1. The maximum atomic E-state index is 13.0. The Morgan fingerprint density at radius 1 is 1.15 bits per heavy atom. The second kappa shape index (κ2) is 7.56. The Labute approximate surface area is 158 Å². The lowest BCUT2D eigenvalue weighted by Gasteiger charge is -2.31. The number of hydrogen-bond donors (Lipinski definition) is 0. The average Bonchev–Trinajstić information content (AvgIpc) is 3.09. The van der Waals surface area contributed by atoms with Crippen LogP contribution >= 0.6 is 0 Å². The molecule has 0 N–H and O–H groups in total. The number of para-hydroxylation sites is 1. The van der Waals surface area contributed by atoms with Gasteiger partial charge in [0.15, 0.2) is 0 Å². The summed E-state index contributed by atoms with van der Waals surface area (Å²) in [5.74, 6) is 0.300. The predicted molar refractivity (Wildman–Crippen MR) is 97.6 cm³/mol. The van der Waals surface area contributed by atoms with Gasteiger partial charge >= 0.3 is 0 Å². The first-order valence-corrected chi connectivity index (χ1v) is 11.6. The van der Waals surface area contributed by atoms with Gasteiger partial charge < -0.3 is 9.30 Å². The first-order valence-electron chi connectivity index (χ1n) is 8.58. The molecule has 3 rings (SSSR count). The van der Waals surface area contributed by atoms with Gasteiger partial charge in [-0.05, 0) is 31.9 Å². The van der Waals surface area contributed by atoms with Gasteiger partial charge in [-0.3, -0.25) is 0 Å². The Bertz CT molecular complexity index is 1010. The Hall–Kier alpha value is -1.98. The smallest absolute Gasteiger partial charge is 0.249 e. The van der Waals surface area contributed by atoms with E-state index in [1.807, 2.05) is 0 Å². The molecule has 2 aromatic rings. The summed E-state index contributed by atoms with van der Waals surface area (Å²) in [6, 6.07) is 6.47. The zero-order valence-electron chi connectivity index (χ0n) is 15.1. The number of ether oxygens (including phenoxy) is 1. The second-order valence-electron chi connectivity index (χ2n) is 6.25. The number of piperidine rings is 1. The molecule has 0 radical (unpaired) electrons. The number of hydrogen-bond acceptors (Lipinski definition) is 7. The van der Waals surface area contributed by atoms with Gasteiger partial charge in [0.25, 0.3) is 0 Å². The van der Waals surface area contributed by atoms with Crippen LogP contribution in [0.2, 0.25) is 0 Å². The SMILES string of the molecule is CCOc1ccccc1S(=O)(=O)N1CCC(S(=O)(=O)c2nncn2C)CC1. The van der Waals surface area contributed by atoms with Crippen molar-refractivity contribution in [3.8, 4) is 5.75 Å². The van der Waals surface area contributed by atoms with Crippen molar-refractivity contribution in [3.05, 3.63) is 30.6 Å². The van der Waals surface area contributed by atoms with Crippen molar-refractivity contribution >= 4 is 19.9 Å². The number of rotatable bonds is 6. The normalized spacial score (nSPS) is 17.1. The Morgan fingerprint density at radius 2 is 1.81 bits per heavy atom. The first-order chi connectivity index (χ1) is 12.8. The molecule has 27 heavy (non-hydrogen) atoms. The van der Waals surface area contributed by atoms with Crippen LogP contribution in [0.4, 0.5) is 0 Å². The van der Waals surface area contributed by atoms with Crippen LogP contribution in [0.25, 0.3) is 0 Å². The van der Waals surface area contributed by atoms with Gasteiger partial charge in [0.05, 0.1) is 11.9 Å². The lowest BCUT2D eigenvalue weighted by Crippen LogP contribution is -2.42. The van der Waals surface area contributed by atoms with Crippen molar-refractivity contribution in [3.63, 3.8) is 0 Å². The molecule has 11 heteroatoms. The minimum atomic E-state index is -3.77. The van der Waals surface area contributed by atoms with Gasteiger partial charge in [-0.25, -0.2) is 16.8 Å². The summed E-state index contributed by atoms with van der Waals surface area (Å²) < 4.78 is 59.5. The molecule has 0 saturated carbocycles. The molecule has 148 valence electrons. The van der Waals surface area contributed by atoms with Crippen molar-refractivity contribution in [2.24, 2.45) is 7.05 Å². The number of aryl methyl sites for hydroxylation is 1. The van der Waals surface area contributed by atoms with E-state index in [1.54, 1.807) is 32.2 Å². The highest BCUT2D eigenvalue weighted by molar-refractivity contribution is 7.92. The third-order valence-corrected chi connectivity index (χ3v) is 8.70. The van der Waals surface area contributed by atoms with Crippen LogP contribution in [0.1, 0.15) is 19.8 Å². The third kappa shape index (κ3) is 3.71. The van der Waals surface area contributed by atoms with Crippen LogP contribution in [0.15, 0.2) is 40.6 Å². The average molecular weight is 415 g/mol. The Morgan fingerprint density at radius 3 is 2.41 bits per heavy atom. The maximum absolute atomic E-state index is 13.0. The van der Waals surface area contributed by atoms with E-state index in [4.69, 9.17) is 4.74 Å². The highest BCUT2D eigenvalue weighted by atomic mass is 32.2. The molecule has 1 saturated heterocycles. The summed E-state index contributed by atoms with van der Waals surface area (Å²) in [5, 5.41) is 6.53. The molecular formula is C16H22N4O5S2. The molecule has 0 amide bonds. The predicted octanol–water partition coefficient (Wildman–Crippen LogP) is 0.841. The fourth-order valence-corrected chi connectivity index (χ4v) is 6.48. The Kier molecular flexibility index (Phi) is 5.54. The topological polar surface area (TPSA) is 111 Å². The quantitative estimate of drug-likeness (QED) is 0.688. The molecule has 1 aromatic heterocycles. The summed E-state index contributed by atoms with van der Waals surface area (Å²) in [6.07, 6.45) is 1.73. The first kappa shape index (κ1) is 19.8. The zero-order chi connectivity index (χ0) is 19.7. The van der Waals surface area contributed by atoms with E-state index in [2.05, 4.69) is 10.2 Å². The molecule has 1 aromatic carbocycles. The fraction of sp³-hybridized carbons (Fsp3) is 0.500. The minimum absolute atomic E-state index is 0.0921. The van der Waals surface area contributed by atoms with Gasteiger partial charge in [-0.1, -0.05) is 12.1 Å². The number of nitrogens with zero attached hydrogens (tertiary/aromatic N) is 4. The van der Waals surface area contributed by atoms with Crippen LogP contribution in [0, 0.1) is 0 Å². The van der Waals surface area contributed by atoms with E-state index in [9.17, 15) is 16.8 Å². The number of sulfonamides is 1. The van der Waals surface area contributed by atoms with Crippen LogP contribution in [-0.4, -0.2) is 60.9 Å². The lowest BCUT2D eigenvalue weighted by atomic mass is 10.2. The summed E-state index contributed by atoms with van der Waals surface area (Å²) in [4.78, 5) is 0.0986. The van der Waals surface area contributed by atoms with E-state index in [0.29, 0.717) is 12.4 Å². The minimum Gasteiger partial charge on any atom is -0.492 e. The molecule has 0 unspecified atom stereocenters. The number of aromatic nitrogens is 3. The van der Waals surface area contributed by atoms with E-state index in [1.165, 1.54) is 21.3 Å². The molecule has 2 heterocycles. The van der Waals surface area contributed by atoms with Crippen LogP contribution in [0.3, 0.4) is 0 Å². The van der Waals surface area contributed by atoms with E-state index < -0.39 is 25.1 Å². The zero-order valence-corrected chi connectivity index (χ0v) is 16.8. The van der Waals surface area contributed by atoms with Gasteiger partial charge in [0.1, 0.15) is 17.0 Å². The summed E-state index contributed by atoms with van der Waals surface area (Å²) in [7, 11) is -5.86. The fourth-order valence-electron chi connectivity index (χ4n) is 3.14. The molecular weight excluding hydrogens is 392 g/mol. The van der Waals surface area contributed by atoms with Crippen LogP contribution in [0.5, 0.6) is 5.75 Å². The largest absolute Gasteiger partial charge is 0.492 e. The van der Waals surface area contributed by atoms with Crippen molar-refractivity contribution in [2.75, 3.05) is 19.7 Å². The lowest BCUT2D eigenvalue weighted by molar-refractivity contribution is 0.322. The van der Waals surface area contributed by atoms with E-state index in [-0.39, 0.29) is 36.0 Å². The second-order valence-corrected chi connectivity index (χ2v) is 10.3. The summed E-state index contributed by atoms with van der Waals surface area (Å²) in [6.45, 7) is 2.37. The summed E-state index contributed by atoms with van der Waals surface area (Å²) >= 11 is 0. The monoisotopic (exact) mass is 414 g/mol. The molecule has 9 nitrogen and oxygen atoms in total. The standard InChI is InChI=1S/C16H22N4O5S2/c1-3-25-14-6-4-5-7-15(14)27(23,24)20-10-8-13(9-11-20)26(21,22)16-18-17-12-19(16)2/h4-7,12-13H,3,8-11H2,1-2H3. The highest BCUT2D eigenvalue weighted by Crippen LogP contribution is 2.30. The van der Waals surface area contributed by atoms with Crippen LogP contribution in [-0.2, 0) is 26.9 Å².